The van der Waals surface area contributed by atoms with E-state index < -0.39 is 5.60 Å². The average Bonchev–Trinajstić information content (AvgIpc) is 3.66. The molecule has 2 aliphatic carbocycles. The van der Waals surface area contributed by atoms with Crippen molar-refractivity contribution in [1.82, 2.24) is 0 Å². The monoisotopic (exact) mass is 765 g/mol. The summed E-state index contributed by atoms with van der Waals surface area (Å²) >= 11 is 0. The van der Waals surface area contributed by atoms with Gasteiger partial charge in [0.1, 0.15) is 11.4 Å². The Hall–Kier alpha value is -6.68. The molecule has 0 aromatic heterocycles. The number of para-hydroxylation sites is 2. The lowest BCUT2D eigenvalue weighted by Crippen LogP contribution is -2.31. The van der Waals surface area contributed by atoms with E-state index in [1.54, 1.807) is 7.11 Å². The summed E-state index contributed by atoms with van der Waals surface area (Å²) in [5.41, 5.74) is 15.2. The van der Waals surface area contributed by atoms with Gasteiger partial charge in [0.25, 0.3) is 0 Å². The van der Waals surface area contributed by atoms with E-state index >= 15 is 0 Å². The van der Waals surface area contributed by atoms with Crippen LogP contribution >= 0.6 is 0 Å². The van der Waals surface area contributed by atoms with Gasteiger partial charge in [-0.1, -0.05) is 173 Å². The maximum atomic E-state index is 14.1. The molecule has 0 spiro atoms. The van der Waals surface area contributed by atoms with E-state index in [1.807, 2.05) is 18.2 Å². The SMILES string of the molecule is COc1cc(N(c2ccccc2)c2ccccc2)ccc1-c1ccccc1C(O)(c1ccc2c(c1)C(C)(C)c1ccccc1-2)c1ccc2c(c1)C(C)(C)c1ccccc1-2. The van der Waals surface area contributed by atoms with Crippen molar-refractivity contribution in [3.05, 3.63) is 227 Å². The van der Waals surface area contributed by atoms with Crippen LogP contribution in [-0.2, 0) is 16.4 Å². The predicted molar refractivity (Wildman–Crippen MR) is 243 cm³/mol. The first-order valence-electron chi connectivity index (χ1n) is 20.5. The predicted octanol–water partition coefficient (Wildman–Crippen LogP) is 13.7. The lowest BCUT2D eigenvalue weighted by Gasteiger charge is -2.35. The summed E-state index contributed by atoms with van der Waals surface area (Å²) in [6.07, 6.45) is 0. The van der Waals surface area contributed by atoms with Gasteiger partial charge in [-0.25, -0.2) is 0 Å². The minimum Gasteiger partial charge on any atom is -0.496 e. The number of anilines is 3. The number of fused-ring (bicyclic) bond motifs is 6. The maximum absolute atomic E-state index is 14.1. The first-order valence-corrected chi connectivity index (χ1v) is 20.5. The lowest BCUT2D eigenvalue weighted by atomic mass is 9.73. The summed E-state index contributed by atoms with van der Waals surface area (Å²) in [6, 6.07) is 66.1. The molecular weight excluding hydrogens is 719 g/mol. The van der Waals surface area contributed by atoms with Crippen LogP contribution in [0.15, 0.2) is 188 Å². The highest BCUT2D eigenvalue weighted by Crippen LogP contribution is 2.54. The molecule has 0 bridgehead atoms. The van der Waals surface area contributed by atoms with Crippen LogP contribution in [0.3, 0.4) is 0 Å². The molecule has 0 unspecified atom stereocenters. The Kier molecular flexibility index (Phi) is 8.52. The molecule has 0 atom stereocenters. The van der Waals surface area contributed by atoms with Crippen LogP contribution < -0.4 is 9.64 Å². The Morgan fingerprint density at radius 3 is 1.34 bits per heavy atom. The number of hydrogen-bond donors (Lipinski definition) is 1. The summed E-state index contributed by atoms with van der Waals surface area (Å²) in [5, 5.41) is 14.1. The molecule has 3 heteroatoms. The van der Waals surface area contributed by atoms with Gasteiger partial charge in [-0.2, -0.15) is 0 Å². The molecule has 8 aromatic rings. The van der Waals surface area contributed by atoms with E-state index in [0.29, 0.717) is 5.75 Å². The number of benzene rings is 8. The summed E-state index contributed by atoms with van der Waals surface area (Å²) in [5.74, 6) is 0.713. The summed E-state index contributed by atoms with van der Waals surface area (Å²) in [6.45, 7) is 9.18. The van der Waals surface area contributed by atoms with Gasteiger partial charge >= 0.3 is 0 Å². The zero-order valence-electron chi connectivity index (χ0n) is 34.2. The fraction of sp³-hybridized carbons (Fsp3) is 0.143. The third-order valence-corrected chi connectivity index (χ3v) is 13.1. The molecule has 0 amide bonds. The normalized spacial score (nSPS) is 14.2. The molecule has 3 nitrogen and oxygen atoms in total. The van der Waals surface area contributed by atoms with Crippen molar-refractivity contribution in [3.8, 4) is 39.1 Å². The lowest BCUT2D eigenvalue weighted by molar-refractivity contribution is 0.126. The van der Waals surface area contributed by atoms with Crippen LogP contribution in [0.2, 0.25) is 0 Å². The second-order valence-corrected chi connectivity index (χ2v) is 17.0. The summed E-state index contributed by atoms with van der Waals surface area (Å²) in [7, 11) is 1.73. The van der Waals surface area contributed by atoms with E-state index in [2.05, 4.69) is 202 Å². The van der Waals surface area contributed by atoms with Gasteiger partial charge in [-0.15, -0.1) is 0 Å². The number of rotatable bonds is 8. The number of methoxy groups -OCH3 is 1. The van der Waals surface area contributed by atoms with Crippen LogP contribution in [0.4, 0.5) is 17.1 Å². The molecule has 8 aromatic carbocycles. The molecule has 0 fully saturated rings. The van der Waals surface area contributed by atoms with Crippen molar-refractivity contribution in [3.63, 3.8) is 0 Å². The largest absolute Gasteiger partial charge is 0.496 e. The number of ether oxygens (including phenoxy) is 1. The van der Waals surface area contributed by atoms with Gasteiger partial charge in [0.05, 0.1) is 7.11 Å². The van der Waals surface area contributed by atoms with Crippen molar-refractivity contribution < 1.29 is 9.84 Å². The van der Waals surface area contributed by atoms with Gasteiger partial charge in [0, 0.05) is 45.1 Å². The zero-order chi connectivity index (χ0) is 40.5. The Morgan fingerprint density at radius 2 is 0.831 bits per heavy atom. The molecule has 0 aliphatic heterocycles. The van der Waals surface area contributed by atoms with Gasteiger partial charge in [-0.3, -0.25) is 0 Å². The standard InChI is InChI=1S/C56H47NO2/c1-54(2)48-25-15-12-22-42(48)45-31-28-37(34-51(45)54)56(58,38-29-32-46-43-23-13-16-26-49(43)55(3,4)52(46)35-38)50-27-17-14-24-44(50)47-33-30-41(36-53(47)59-5)57(39-18-8-6-9-19-39)40-20-10-7-11-21-40/h6-36,58H,1-5H3. The molecule has 0 heterocycles. The zero-order valence-corrected chi connectivity index (χ0v) is 34.2. The fourth-order valence-electron chi connectivity index (χ4n) is 10.0. The quantitative estimate of drug-likeness (QED) is 0.156. The highest BCUT2D eigenvalue weighted by molar-refractivity contribution is 5.86. The first-order chi connectivity index (χ1) is 28.6. The minimum atomic E-state index is -1.54. The van der Waals surface area contributed by atoms with Crippen LogP contribution in [0.5, 0.6) is 5.75 Å². The van der Waals surface area contributed by atoms with Gasteiger partial charge in [0.2, 0.25) is 0 Å². The Labute approximate surface area is 347 Å². The van der Waals surface area contributed by atoms with Crippen LogP contribution in [0.25, 0.3) is 33.4 Å². The Morgan fingerprint density at radius 1 is 0.407 bits per heavy atom. The number of nitrogens with zero attached hydrogens (tertiary/aromatic N) is 1. The third-order valence-electron chi connectivity index (χ3n) is 13.1. The molecule has 2 aliphatic rings. The van der Waals surface area contributed by atoms with Crippen molar-refractivity contribution in [1.29, 1.82) is 0 Å². The molecule has 59 heavy (non-hydrogen) atoms. The average molecular weight is 766 g/mol. The highest BCUT2D eigenvalue weighted by atomic mass is 16.5. The Bertz CT molecular complexity index is 2740. The van der Waals surface area contributed by atoms with Crippen LogP contribution in [0, 0.1) is 0 Å². The van der Waals surface area contributed by atoms with Crippen molar-refractivity contribution >= 4 is 17.1 Å². The fourth-order valence-corrected chi connectivity index (χ4v) is 10.0. The van der Waals surface area contributed by atoms with Crippen molar-refractivity contribution in [2.24, 2.45) is 0 Å². The molecule has 1 N–H and O–H groups in total. The van der Waals surface area contributed by atoms with E-state index in [4.69, 9.17) is 4.74 Å². The first kappa shape index (κ1) is 36.6. The van der Waals surface area contributed by atoms with E-state index in [1.165, 1.54) is 44.5 Å². The summed E-state index contributed by atoms with van der Waals surface area (Å²) < 4.78 is 6.28. The highest BCUT2D eigenvalue weighted by Gasteiger charge is 2.43. The molecule has 0 radical (unpaired) electrons. The summed E-state index contributed by atoms with van der Waals surface area (Å²) in [4.78, 5) is 2.24. The van der Waals surface area contributed by atoms with Crippen LogP contribution in [0.1, 0.15) is 66.6 Å². The molecule has 0 saturated heterocycles. The number of aliphatic hydroxyl groups is 1. The third kappa shape index (κ3) is 5.60. The van der Waals surface area contributed by atoms with Crippen LogP contribution in [-0.4, -0.2) is 12.2 Å². The molecular formula is C56H47NO2. The molecule has 10 rings (SSSR count). The van der Waals surface area contributed by atoms with Gasteiger partial charge < -0.3 is 14.7 Å². The number of hydrogen-bond acceptors (Lipinski definition) is 3. The van der Waals surface area contributed by atoms with E-state index in [-0.39, 0.29) is 10.8 Å². The van der Waals surface area contributed by atoms with Gasteiger partial charge in [0.15, 0.2) is 0 Å². The topological polar surface area (TPSA) is 32.7 Å². The van der Waals surface area contributed by atoms with Gasteiger partial charge in [-0.05, 0) is 97.6 Å². The Balaban J connectivity index is 1.18. The smallest absolute Gasteiger partial charge is 0.141 e. The second kappa shape index (κ2) is 13.7. The van der Waals surface area contributed by atoms with Crippen molar-refractivity contribution in [2.45, 2.75) is 44.1 Å². The van der Waals surface area contributed by atoms with E-state index in [9.17, 15) is 5.11 Å². The maximum Gasteiger partial charge on any atom is 0.141 e. The molecule has 0 saturated carbocycles. The van der Waals surface area contributed by atoms with Crippen molar-refractivity contribution in [2.75, 3.05) is 12.0 Å². The second-order valence-electron chi connectivity index (χ2n) is 17.0. The molecule has 288 valence electrons. The van der Waals surface area contributed by atoms with E-state index in [0.717, 1.165) is 44.9 Å². The minimum absolute atomic E-state index is 0.244.